The molecule has 0 amide bonds. The van der Waals surface area contributed by atoms with Crippen LogP contribution in [-0.4, -0.2) is 30.8 Å². The smallest absolute Gasteiger partial charge is 0.0635 e. The number of benzene rings is 1. The number of aliphatic hydroxyl groups excluding tert-OH is 1. The van der Waals surface area contributed by atoms with E-state index in [0.717, 1.165) is 19.4 Å². The van der Waals surface area contributed by atoms with Crippen molar-refractivity contribution in [2.45, 2.75) is 25.3 Å². The predicted molar refractivity (Wildman–Crippen MR) is 66.7 cm³/mol. The van der Waals surface area contributed by atoms with Gasteiger partial charge in [0.2, 0.25) is 0 Å². The summed E-state index contributed by atoms with van der Waals surface area (Å²) in [6.07, 6.45) is 3.21. The molecule has 1 unspecified atom stereocenters. The maximum Gasteiger partial charge on any atom is 0.0635 e. The molecule has 3 nitrogen and oxygen atoms in total. The quantitative estimate of drug-likeness (QED) is 0.800. The van der Waals surface area contributed by atoms with Crippen molar-refractivity contribution in [3.05, 3.63) is 29.8 Å². The molecular formula is C13H20N2O. The van der Waals surface area contributed by atoms with E-state index >= 15 is 0 Å². The Morgan fingerprint density at radius 2 is 2.06 bits per heavy atom. The minimum Gasteiger partial charge on any atom is -0.394 e. The monoisotopic (exact) mass is 220 g/mol. The van der Waals surface area contributed by atoms with Crippen molar-refractivity contribution in [1.29, 1.82) is 0 Å². The number of hydrogen-bond donors (Lipinski definition) is 2. The van der Waals surface area contributed by atoms with Gasteiger partial charge in [-0.3, -0.25) is 0 Å². The molecule has 1 heterocycles. The molecule has 1 aliphatic rings. The highest BCUT2D eigenvalue weighted by molar-refractivity contribution is 5.49. The molecular weight excluding hydrogens is 200 g/mol. The fourth-order valence-corrected chi connectivity index (χ4v) is 2.39. The Morgan fingerprint density at radius 1 is 1.31 bits per heavy atom. The molecule has 16 heavy (non-hydrogen) atoms. The first kappa shape index (κ1) is 11.4. The maximum atomic E-state index is 9.28. The lowest BCUT2D eigenvalue weighted by Gasteiger charge is -2.25. The van der Waals surface area contributed by atoms with Crippen molar-refractivity contribution >= 4 is 5.69 Å². The first-order valence-electron chi connectivity index (χ1n) is 6.01. The number of nitrogens with two attached hydrogens (primary N) is 1. The van der Waals surface area contributed by atoms with Crippen molar-refractivity contribution in [2.75, 3.05) is 24.6 Å². The number of anilines is 1. The molecule has 1 fully saturated rings. The minimum atomic E-state index is 0.255. The van der Waals surface area contributed by atoms with E-state index in [1.165, 1.54) is 17.7 Å². The lowest BCUT2D eigenvalue weighted by Crippen LogP contribution is -2.31. The number of rotatable bonds is 4. The van der Waals surface area contributed by atoms with Crippen LogP contribution in [0.2, 0.25) is 0 Å². The molecule has 1 aromatic rings. The number of nitrogens with zero attached hydrogens (tertiary/aromatic N) is 1. The Morgan fingerprint density at radius 3 is 2.69 bits per heavy atom. The Labute approximate surface area is 96.9 Å². The molecule has 3 heteroatoms. The van der Waals surface area contributed by atoms with Crippen LogP contribution >= 0.6 is 0 Å². The summed E-state index contributed by atoms with van der Waals surface area (Å²) >= 11 is 0. The number of aliphatic hydroxyl groups is 1. The van der Waals surface area contributed by atoms with Crippen LogP contribution < -0.4 is 10.6 Å². The highest BCUT2D eigenvalue weighted by Gasteiger charge is 2.23. The van der Waals surface area contributed by atoms with Gasteiger partial charge in [0.15, 0.2) is 0 Å². The summed E-state index contributed by atoms with van der Waals surface area (Å²) in [6, 6.07) is 8.85. The Kier molecular flexibility index (Phi) is 3.80. The van der Waals surface area contributed by atoms with E-state index in [9.17, 15) is 5.11 Å². The van der Waals surface area contributed by atoms with Crippen LogP contribution in [0.5, 0.6) is 0 Å². The zero-order chi connectivity index (χ0) is 11.4. The van der Waals surface area contributed by atoms with E-state index in [2.05, 4.69) is 29.2 Å². The topological polar surface area (TPSA) is 49.5 Å². The molecule has 1 atom stereocenters. The largest absolute Gasteiger partial charge is 0.394 e. The molecule has 1 aromatic carbocycles. The van der Waals surface area contributed by atoms with Crippen LogP contribution in [-0.2, 0) is 6.42 Å². The third kappa shape index (κ3) is 2.36. The first-order valence-corrected chi connectivity index (χ1v) is 6.01. The number of hydrogen-bond acceptors (Lipinski definition) is 3. The highest BCUT2D eigenvalue weighted by atomic mass is 16.3. The second kappa shape index (κ2) is 5.32. The van der Waals surface area contributed by atoms with Crippen LogP contribution in [0, 0.1) is 0 Å². The minimum absolute atomic E-state index is 0.255. The van der Waals surface area contributed by atoms with E-state index in [-0.39, 0.29) is 6.61 Å². The van der Waals surface area contributed by atoms with Crippen molar-refractivity contribution in [2.24, 2.45) is 5.73 Å². The van der Waals surface area contributed by atoms with E-state index in [1.807, 2.05) is 0 Å². The van der Waals surface area contributed by atoms with E-state index < -0.39 is 0 Å². The van der Waals surface area contributed by atoms with Gasteiger partial charge in [-0.15, -0.1) is 0 Å². The highest BCUT2D eigenvalue weighted by Crippen LogP contribution is 2.25. The SMILES string of the molecule is NCCc1ccc(N2CCCC2CO)cc1. The Balaban J connectivity index is 2.08. The maximum absolute atomic E-state index is 9.28. The third-order valence-corrected chi connectivity index (χ3v) is 3.29. The summed E-state index contributed by atoms with van der Waals surface area (Å²) in [5.74, 6) is 0. The molecule has 0 aliphatic carbocycles. The van der Waals surface area contributed by atoms with Gasteiger partial charge in [-0.1, -0.05) is 12.1 Å². The van der Waals surface area contributed by atoms with Gasteiger partial charge in [-0.2, -0.15) is 0 Å². The van der Waals surface area contributed by atoms with Crippen LogP contribution in [0.3, 0.4) is 0 Å². The lowest BCUT2D eigenvalue weighted by molar-refractivity contribution is 0.266. The normalized spacial score (nSPS) is 20.4. The van der Waals surface area contributed by atoms with Crippen molar-refractivity contribution in [1.82, 2.24) is 0 Å². The van der Waals surface area contributed by atoms with Crippen LogP contribution in [0.4, 0.5) is 5.69 Å². The van der Waals surface area contributed by atoms with E-state index in [4.69, 9.17) is 5.73 Å². The van der Waals surface area contributed by atoms with Gasteiger partial charge in [0.1, 0.15) is 0 Å². The summed E-state index contributed by atoms with van der Waals surface area (Å²) in [5.41, 5.74) is 8.02. The summed E-state index contributed by atoms with van der Waals surface area (Å²) in [5, 5.41) is 9.28. The standard InChI is InChI=1S/C13H20N2O/c14-8-7-11-3-5-12(6-4-11)15-9-1-2-13(15)10-16/h3-6,13,16H,1-2,7-10,14H2. The van der Waals surface area contributed by atoms with Crippen LogP contribution in [0.1, 0.15) is 18.4 Å². The molecule has 0 spiro atoms. The molecule has 1 aliphatic heterocycles. The fourth-order valence-electron chi connectivity index (χ4n) is 2.39. The molecule has 3 N–H and O–H groups in total. The molecule has 1 saturated heterocycles. The average molecular weight is 220 g/mol. The first-order chi connectivity index (χ1) is 7.85. The van der Waals surface area contributed by atoms with Gasteiger partial charge in [0.25, 0.3) is 0 Å². The van der Waals surface area contributed by atoms with Crippen molar-refractivity contribution < 1.29 is 5.11 Å². The summed E-state index contributed by atoms with van der Waals surface area (Å²) in [7, 11) is 0. The van der Waals surface area contributed by atoms with Gasteiger partial charge in [-0.25, -0.2) is 0 Å². The average Bonchev–Trinajstić information content (AvgIpc) is 2.78. The zero-order valence-electron chi connectivity index (χ0n) is 9.60. The Bertz CT molecular complexity index is 323. The molecule has 0 aromatic heterocycles. The van der Waals surface area contributed by atoms with Crippen LogP contribution in [0.25, 0.3) is 0 Å². The Hall–Kier alpha value is -1.06. The van der Waals surface area contributed by atoms with Gasteiger partial charge >= 0.3 is 0 Å². The van der Waals surface area contributed by atoms with Crippen molar-refractivity contribution in [3.63, 3.8) is 0 Å². The summed E-state index contributed by atoms with van der Waals surface area (Å²) < 4.78 is 0. The second-order valence-electron chi connectivity index (χ2n) is 4.38. The second-order valence-corrected chi connectivity index (χ2v) is 4.38. The summed E-state index contributed by atoms with van der Waals surface area (Å²) in [6.45, 7) is 2.01. The zero-order valence-corrected chi connectivity index (χ0v) is 9.60. The van der Waals surface area contributed by atoms with Crippen LogP contribution in [0.15, 0.2) is 24.3 Å². The molecule has 0 bridgehead atoms. The van der Waals surface area contributed by atoms with Gasteiger partial charge < -0.3 is 15.7 Å². The van der Waals surface area contributed by atoms with E-state index in [1.54, 1.807) is 0 Å². The van der Waals surface area contributed by atoms with E-state index in [0.29, 0.717) is 12.6 Å². The fraction of sp³-hybridized carbons (Fsp3) is 0.538. The van der Waals surface area contributed by atoms with Gasteiger partial charge in [-0.05, 0) is 43.5 Å². The molecule has 2 rings (SSSR count). The summed E-state index contributed by atoms with van der Waals surface area (Å²) in [4.78, 5) is 2.30. The molecule has 0 saturated carbocycles. The van der Waals surface area contributed by atoms with Gasteiger partial charge in [0.05, 0.1) is 12.6 Å². The lowest BCUT2D eigenvalue weighted by atomic mass is 10.1. The third-order valence-electron chi connectivity index (χ3n) is 3.29. The van der Waals surface area contributed by atoms with Gasteiger partial charge in [0, 0.05) is 12.2 Å². The molecule has 88 valence electrons. The molecule has 0 radical (unpaired) electrons. The van der Waals surface area contributed by atoms with Crippen molar-refractivity contribution in [3.8, 4) is 0 Å². The predicted octanol–water partition coefficient (Wildman–Crippen LogP) is 1.15.